The molecule has 0 aliphatic heterocycles. The van der Waals surface area contributed by atoms with Crippen LogP contribution in [0.5, 0.6) is 0 Å². The summed E-state index contributed by atoms with van der Waals surface area (Å²) in [6.45, 7) is 18.9. The first-order valence-electron chi connectivity index (χ1n) is 36.8. The first-order valence-corrected chi connectivity index (χ1v) is 40.6. The maximum absolute atomic E-state index is 4.16. The van der Waals surface area contributed by atoms with Gasteiger partial charge in [-0.3, -0.25) is 0 Å². The Labute approximate surface area is 533 Å². The fraction of sp³-hybridized carbons (Fsp3) is 0.595. The van der Waals surface area contributed by atoms with Crippen molar-refractivity contribution in [3.8, 4) is 45.9 Å². The first kappa shape index (κ1) is 69.1. The molecule has 0 bridgehead atoms. The highest BCUT2D eigenvalue weighted by molar-refractivity contribution is 6.76. The fourth-order valence-corrected chi connectivity index (χ4v) is 21.3. The molecule has 0 aromatic heterocycles. The lowest BCUT2D eigenvalue weighted by atomic mass is 9.70. The van der Waals surface area contributed by atoms with Crippen LogP contribution in [0.3, 0.4) is 0 Å². The third-order valence-corrected chi connectivity index (χ3v) is 26.5. The van der Waals surface area contributed by atoms with Gasteiger partial charge in [-0.1, -0.05) is 369 Å². The van der Waals surface area contributed by atoms with Crippen LogP contribution >= 0.6 is 0 Å². The summed E-state index contributed by atoms with van der Waals surface area (Å²) in [5.41, 5.74) is 17.4. The van der Waals surface area contributed by atoms with Crippen LogP contribution < -0.4 is 10.4 Å². The van der Waals surface area contributed by atoms with E-state index in [1.54, 1.807) is 32.6 Å². The van der Waals surface area contributed by atoms with Gasteiger partial charge in [0.1, 0.15) is 0 Å². The molecule has 5 aromatic carbocycles. The van der Waals surface area contributed by atoms with E-state index >= 15 is 0 Å². The number of rotatable bonds is 42. The van der Waals surface area contributed by atoms with Gasteiger partial charge in [0.05, 0.1) is 17.6 Å². The van der Waals surface area contributed by atoms with Crippen LogP contribution in [-0.2, 0) is 10.8 Å². The van der Waals surface area contributed by atoms with E-state index in [1.165, 1.54) is 300 Å². The molecule has 5 aromatic rings. The Morgan fingerprint density at radius 3 is 0.849 bits per heavy atom. The number of benzene rings is 5. The summed E-state index contributed by atoms with van der Waals surface area (Å²) in [6, 6.07) is 44.8. The average molecular weight is 1190 g/mol. The van der Waals surface area contributed by atoms with E-state index < -0.39 is 17.6 Å². The second-order valence-electron chi connectivity index (χ2n) is 26.9. The Hall–Kier alpha value is -4.35. The molecule has 0 N–H and O–H groups in total. The van der Waals surface area contributed by atoms with Crippen LogP contribution in [0.1, 0.15) is 331 Å². The van der Waals surface area contributed by atoms with Crippen LogP contribution in [0.15, 0.2) is 97.1 Å². The third-order valence-electron chi connectivity index (χ3n) is 20.3. The van der Waals surface area contributed by atoms with Gasteiger partial charge in [-0.15, -0.1) is 0 Å². The topological polar surface area (TPSA) is 0 Å². The molecule has 2 aliphatic carbocycles. The summed E-state index contributed by atoms with van der Waals surface area (Å²) in [4.78, 5) is 0. The van der Waals surface area contributed by atoms with Crippen LogP contribution in [0.25, 0.3) is 22.3 Å². The van der Waals surface area contributed by atoms with Gasteiger partial charge in [-0.2, -0.15) is 0 Å². The number of hydrogen-bond donors (Lipinski definition) is 0. The van der Waals surface area contributed by atoms with Gasteiger partial charge in [0.2, 0.25) is 0 Å². The maximum Gasteiger partial charge on any atom is 0.0873 e. The van der Waals surface area contributed by atoms with Gasteiger partial charge >= 0.3 is 0 Å². The average Bonchev–Trinajstić information content (AvgIpc) is 1.84. The van der Waals surface area contributed by atoms with Crippen molar-refractivity contribution in [1.82, 2.24) is 0 Å². The van der Waals surface area contributed by atoms with Crippen molar-refractivity contribution >= 4 is 28.0 Å². The van der Waals surface area contributed by atoms with Crippen molar-refractivity contribution in [2.75, 3.05) is 0 Å². The molecule has 0 fully saturated rings. The highest BCUT2D eigenvalue weighted by atomic mass is 28.3. The molecule has 86 heavy (non-hydrogen) atoms. The molecular formula is C84H120Si2. The van der Waals surface area contributed by atoms with Crippen molar-refractivity contribution in [2.45, 2.75) is 322 Å². The Morgan fingerprint density at radius 1 is 0.267 bits per heavy atom. The molecule has 2 aliphatic rings. The molecular weight excluding hydrogens is 1070 g/mol. The van der Waals surface area contributed by atoms with Crippen LogP contribution in [0, 0.1) is 23.7 Å². The molecule has 0 spiro atoms. The summed E-state index contributed by atoms with van der Waals surface area (Å²) in [5, 5.41) is 3.19. The zero-order valence-corrected chi connectivity index (χ0v) is 58.5. The van der Waals surface area contributed by atoms with Gasteiger partial charge in [-0.05, 0) is 117 Å². The molecule has 0 unspecified atom stereocenters. The van der Waals surface area contributed by atoms with E-state index in [0.717, 1.165) is 0 Å². The minimum atomic E-state index is -0.941. The molecule has 2 heteroatoms. The predicted molar refractivity (Wildman–Crippen MR) is 385 cm³/mol. The Bertz CT molecular complexity index is 2650. The summed E-state index contributed by atoms with van der Waals surface area (Å²) in [7, 11) is -1.88. The van der Waals surface area contributed by atoms with Crippen molar-refractivity contribution in [2.24, 2.45) is 0 Å². The van der Waals surface area contributed by atoms with Crippen LogP contribution in [0.2, 0.25) is 24.2 Å². The lowest BCUT2D eigenvalue weighted by Crippen LogP contribution is -2.39. The minimum absolute atomic E-state index is 0.0529. The molecule has 464 valence electrons. The van der Waals surface area contributed by atoms with Gasteiger partial charge < -0.3 is 0 Å². The smallest absolute Gasteiger partial charge is 0.0654 e. The van der Waals surface area contributed by atoms with Gasteiger partial charge in [0, 0.05) is 33.1 Å². The number of hydrogen-bond acceptors (Lipinski definition) is 0. The quantitative estimate of drug-likeness (QED) is 0.0208. The minimum Gasteiger partial charge on any atom is -0.0654 e. The number of unbranched alkanes of at least 4 members (excludes halogenated alkanes) is 24. The van der Waals surface area contributed by atoms with Gasteiger partial charge in [-0.25, -0.2) is 0 Å². The molecule has 0 nitrogen and oxygen atoms in total. The van der Waals surface area contributed by atoms with Crippen molar-refractivity contribution < 1.29 is 0 Å². The predicted octanol–water partition coefficient (Wildman–Crippen LogP) is 24.6. The molecule has 0 saturated heterocycles. The van der Waals surface area contributed by atoms with Crippen molar-refractivity contribution in [1.29, 1.82) is 0 Å². The highest BCUT2D eigenvalue weighted by Crippen LogP contribution is 2.56. The SMILES string of the molecule is CCCCCC[Si](CCCCCC)c1cc(C#Cc2ccc3c(c2)C(CCCCCC)(CCCCCC)c2ccccc2-3)c([Si](CCCCCC)CCCCCC)cc1C#Cc1ccc2c(c1)C(CCCCCC)(CCCCCC)c1ccccc1-2. The summed E-state index contributed by atoms with van der Waals surface area (Å²) in [5.74, 6) is 16.4. The summed E-state index contributed by atoms with van der Waals surface area (Å²) in [6.07, 6.45) is 46.9. The molecule has 2 radical (unpaired) electrons. The van der Waals surface area contributed by atoms with E-state index in [1.807, 2.05) is 0 Å². The molecule has 0 saturated carbocycles. The lowest BCUT2D eigenvalue weighted by molar-refractivity contribution is 0.401. The van der Waals surface area contributed by atoms with E-state index in [0.29, 0.717) is 0 Å². The van der Waals surface area contributed by atoms with Gasteiger partial charge in [0.25, 0.3) is 0 Å². The van der Waals surface area contributed by atoms with E-state index in [-0.39, 0.29) is 10.8 Å². The Balaban J connectivity index is 1.43. The van der Waals surface area contributed by atoms with E-state index in [2.05, 4.69) is 176 Å². The zero-order valence-electron chi connectivity index (χ0n) is 56.5. The summed E-state index contributed by atoms with van der Waals surface area (Å²) >= 11 is 0. The van der Waals surface area contributed by atoms with Crippen LogP contribution in [0.4, 0.5) is 0 Å². The highest BCUT2D eigenvalue weighted by Gasteiger charge is 2.43. The van der Waals surface area contributed by atoms with Crippen LogP contribution in [-0.4, -0.2) is 17.6 Å². The van der Waals surface area contributed by atoms with E-state index in [4.69, 9.17) is 0 Å². The van der Waals surface area contributed by atoms with Crippen molar-refractivity contribution in [3.05, 3.63) is 142 Å². The second-order valence-corrected chi connectivity index (χ2v) is 32.4. The van der Waals surface area contributed by atoms with Gasteiger partial charge in [0.15, 0.2) is 0 Å². The molecule has 0 heterocycles. The number of fused-ring (bicyclic) bond motifs is 6. The Morgan fingerprint density at radius 2 is 0.547 bits per heavy atom. The maximum atomic E-state index is 4.16. The van der Waals surface area contributed by atoms with E-state index in [9.17, 15) is 0 Å². The molecule has 0 amide bonds. The summed E-state index contributed by atoms with van der Waals surface area (Å²) < 4.78 is 0. The molecule has 0 atom stereocenters. The fourth-order valence-electron chi connectivity index (χ4n) is 15.3. The monoisotopic (exact) mass is 1180 g/mol. The Kier molecular flexibility index (Phi) is 30.8. The second kappa shape index (κ2) is 38.3. The first-order chi connectivity index (χ1) is 42.4. The normalized spacial score (nSPS) is 13.3. The third kappa shape index (κ3) is 18.9. The standard InChI is InChI=1S/C84H120Si2/c1-9-17-25-37-57-83(58-38-26-18-10-2)77-47-35-33-45-73(77)75-55-51-69(65-79(75)83)49-53-71-67-82(86(63-43-31-23-15-7)64-44-32-24-16-8)72(68-81(71)85(61-41-29-21-13-5)62-42-30-22-14-6)54-50-70-52-56-76-74-46-34-36-48-78(74)84(80(76)66-70,59-39-27-19-11-3)60-40-28-20-12-4/h33-36,45-48,51-52,55-56,65-68H,9-32,37-44,57-64H2,1-8H3. The van der Waals surface area contributed by atoms with Crippen molar-refractivity contribution in [3.63, 3.8) is 0 Å². The zero-order chi connectivity index (χ0) is 60.7. The largest absolute Gasteiger partial charge is 0.0873 e. The molecule has 7 rings (SSSR count). The lowest BCUT2D eigenvalue weighted by Gasteiger charge is -2.33.